The maximum Gasteiger partial charge on any atom is 0.150 e. The van der Waals surface area contributed by atoms with Crippen molar-refractivity contribution in [2.45, 2.75) is 5.88 Å². The molecule has 18 heavy (non-hydrogen) atoms. The summed E-state index contributed by atoms with van der Waals surface area (Å²) in [6, 6.07) is 15.8. The molecule has 0 atom stereocenters. The Morgan fingerprint density at radius 2 is 1.72 bits per heavy atom. The van der Waals surface area contributed by atoms with Gasteiger partial charge in [0.05, 0.1) is 0 Å². The first kappa shape index (κ1) is 12.5. The summed E-state index contributed by atoms with van der Waals surface area (Å²) in [6.45, 7) is 0. The van der Waals surface area contributed by atoms with Crippen molar-refractivity contribution in [3.63, 3.8) is 0 Å². The first-order chi connectivity index (χ1) is 8.76. The molecule has 0 spiro atoms. The Balaban J connectivity index is 2.49. The molecule has 0 aliphatic carbocycles. The van der Waals surface area contributed by atoms with Crippen LogP contribution in [-0.4, -0.2) is 5.84 Å². The Hall–Kier alpha value is -2.00. The molecule has 4 heteroatoms. The summed E-state index contributed by atoms with van der Waals surface area (Å²) < 4.78 is 0. The lowest BCUT2D eigenvalue weighted by Crippen LogP contribution is -2.16. The summed E-state index contributed by atoms with van der Waals surface area (Å²) in [7, 11) is 0. The van der Waals surface area contributed by atoms with E-state index in [1.807, 2.05) is 48.5 Å². The van der Waals surface area contributed by atoms with Crippen LogP contribution in [0.4, 0.5) is 0 Å². The van der Waals surface area contributed by atoms with Gasteiger partial charge in [0.25, 0.3) is 0 Å². The van der Waals surface area contributed by atoms with Gasteiger partial charge in [0.2, 0.25) is 0 Å². The first-order valence-electron chi connectivity index (χ1n) is 5.54. The average molecular weight is 260 g/mol. The second-order valence-corrected chi connectivity index (χ2v) is 4.16. The van der Waals surface area contributed by atoms with Crippen molar-refractivity contribution < 1.29 is 0 Å². The molecule has 0 saturated heterocycles. The summed E-state index contributed by atoms with van der Waals surface area (Å²) >= 11 is 5.77. The van der Waals surface area contributed by atoms with Crippen molar-refractivity contribution in [1.82, 2.24) is 0 Å². The van der Waals surface area contributed by atoms with Gasteiger partial charge < -0.3 is 11.6 Å². The van der Waals surface area contributed by atoms with E-state index in [4.69, 9.17) is 23.2 Å². The zero-order chi connectivity index (χ0) is 13.0. The molecule has 2 rings (SSSR count). The molecule has 4 N–H and O–H groups in total. The van der Waals surface area contributed by atoms with Crippen molar-refractivity contribution in [3.05, 3.63) is 59.7 Å². The number of nitrogens with zero attached hydrogens (tertiary/aromatic N) is 1. The Morgan fingerprint density at radius 1 is 1.06 bits per heavy atom. The monoisotopic (exact) mass is 259 g/mol. The highest BCUT2D eigenvalue weighted by Crippen LogP contribution is 2.24. The van der Waals surface area contributed by atoms with Crippen molar-refractivity contribution in [2.75, 3.05) is 0 Å². The Labute approximate surface area is 111 Å². The molecule has 0 saturated carbocycles. The highest BCUT2D eigenvalue weighted by atomic mass is 35.5. The molecule has 0 fully saturated rings. The van der Waals surface area contributed by atoms with Crippen LogP contribution in [0.25, 0.3) is 11.1 Å². The lowest BCUT2D eigenvalue weighted by atomic mass is 9.98. The molecule has 92 valence electrons. The maximum absolute atomic E-state index is 5.79. The minimum absolute atomic E-state index is 0.326. The number of amidine groups is 1. The number of alkyl halides is 1. The van der Waals surface area contributed by atoms with Gasteiger partial charge in [-0.3, -0.25) is 0 Å². The fourth-order valence-electron chi connectivity index (χ4n) is 1.80. The van der Waals surface area contributed by atoms with Crippen molar-refractivity contribution >= 4 is 17.4 Å². The molecule has 2 aromatic rings. The summed E-state index contributed by atoms with van der Waals surface area (Å²) in [6.07, 6.45) is 0. The van der Waals surface area contributed by atoms with Crippen LogP contribution < -0.4 is 11.6 Å². The minimum Gasteiger partial charge on any atom is -0.382 e. The third-order valence-corrected chi connectivity index (χ3v) is 3.07. The van der Waals surface area contributed by atoms with Gasteiger partial charge in [-0.15, -0.1) is 11.6 Å². The zero-order valence-corrected chi connectivity index (χ0v) is 10.6. The molecule has 0 aliphatic rings. The van der Waals surface area contributed by atoms with Gasteiger partial charge in [-0.1, -0.05) is 48.5 Å². The summed E-state index contributed by atoms with van der Waals surface area (Å²) in [5.74, 6) is 6.08. The van der Waals surface area contributed by atoms with Gasteiger partial charge in [0.15, 0.2) is 5.84 Å². The Morgan fingerprint density at radius 3 is 2.33 bits per heavy atom. The van der Waals surface area contributed by atoms with Gasteiger partial charge in [-0.25, -0.2) is 0 Å². The Kier molecular flexibility index (Phi) is 3.85. The van der Waals surface area contributed by atoms with Crippen LogP contribution in [0, 0.1) is 0 Å². The van der Waals surface area contributed by atoms with Crippen LogP contribution in [0.3, 0.4) is 0 Å². The Bertz CT molecular complexity index is 562. The third-order valence-electron chi connectivity index (χ3n) is 2.76. The number of benzene rings is 2. The molecule has 0 heterocycles. The van der Waals surface area contributed by atoms with Gasteiger partial charge in [0.1, 0.15) is 0 Å². The van der Waals surface area contributed by atoms with Crippen LogP contribution in [0.5, 0.6) is 0 Å². The molecule has 0 radical (unpaired) electrons. The van der Waals surface area contributed by atoms with E-state index in [-0.39, 0.29) is 0 Å². The SMILES string of the molecule is NN=C(N)c1ccccc1-c1ccc(CCl)cc1. The van der Waals surface area contributed by atoms with E-state index in [1.165, 1.54) is 0 Å². The van der Waals surface area contributed by atoms with E-state index in [9.17, 15) is 0 Å². The van der Waals surface area contributed by atoms with Crippen molar-refractivity contribution in [3.8, 4) is 11.1 Å². The number of halogens is 1. The minimum atomic E-state index is 0.326. The number of hydrazone groups is 1. The largest absolute Gasteiger partial charge is 0.382 e. The molecule has 2 aromatic carbocycles. The highest BCUT2D eigenvalue weighted by molar-refractivity contribution is 6.17. The van der Waals surface area contributed by atoms with Gasteiger partial charge in [-0.05, 0) is 16.7 Å². The fourth-order valence-corrected chi connectivity index (χ4v) is 1.98. The molecule has 0 aromatic heterocycles. The van der Waals surface area contributed by atoms with Crippen LogP contribution in [-0.2, 0) is 5.88 Å². The predicted molar refractivity (Wildman–Crippen MR) is 76.3 cm³/mol. The fraction of sp³-hybridized carbons (Fsp3) is 0.0714. The second-order valence-electron chi connectivity index (χ2n) is 3.89. The van der Waals surface area contributed by atoms with Gasteiger partial charge in [0, 0.05) is 11.4 Å². The number of rotatable bonds is 3. The van der Waals surface area contributed by atoms with E-state index < -0.39 is 0 Å². The van der Waals surface area contributed by atoms with E-state index in [2.05, 4.69) is 5.10 Å². The van der Waals surface area contributed by atoms with Crippen molar-refractivity contribution in [1.29, 1.82) is 0 Å². The van der Waals surface area contributed by atoms with E-state index in [1.54, 1.807) is 0 Å². The lowest BCUT2D eigenvalue weighted by Gasteiger charge is -2.09. The molecule has 0 aliphatic heterocycles. The second kappa shape index (κ2) is 5.56. The van der Waals surface area contributed by atoms with E-state index >= 15 is 0 Å². The summed E-state index contributed by atoms with van der Waals surface area (Å²) in [5, 5.41) is 3.55. The average Bonchev–Trinajstić information content (AvgIpc) is 2.46. The predicted octanol–water partition coefficient (Wildman–Crippen LogP) is 2.67. The van der Waals surface area contributed by atoms with Gasteiger partial charge >= 0.3 is 0 Å². The number of nitrogens with two attached hydrogens (primary N) is 2. The lowest BCUT2D eigenvalue weighted by molar-refractivity contribution is 1.23. The molecular weight excluding hydrogens is 246 g/mol. The van der Waals surface area contributed by atoms with Crippen LogP contribution in [0.15, 0.2) is 53.6 Å². The quantitative estimate of drug-likeness (QED) is 0.293. The third kappa shape index (κ3) is 2.46. The molecule has 3 nitrogen and oxygen atoms in total. The smallest absolute Gasteiger partial charge is 0.150 e. The molecule has 0 amide bonds. The number of hydrogen-bond acceptors (Lipinski definition) is 2. The molecule has 0 unspecified atom stereocenters. The van der Waals surface area contributed by atoms with Gasteiger partial charge in [-0.2, -0.15) is 5.10 Å². The van der Waals surface area contributed by atoms with Crippen LogP contribution >= 0.6 is 11.6 Å². The van der Waals surface area contributed by atoms with E-state index in [0.29, 0.717) is 11.7 Å². The normalized spacial score (nSPS) is 11.5. The van der Waals surface area contributed by atoms with Crippen molar-refractivity contribution in [2.24, 2.45) is 16.7 Å². The molecular formula is C14H14ClN3. The summed E-state index contributed by atoms with van der Waals surface area (Å²) in [4.78, 5) is 0. The van der Waals surface area contributed by atoms with E-state index in [0.717, 1.165) is 22.3 Å². The highest BCUT2D eigenvalue weighted by Gasteiger charge is 2.07. The first-order valence-corrected chi connectivity index (χ1v) is 6.07. The molecule has 0 bridgehead atoms. The standard InChI is InChI=1S/C14H14ClN3/c15-9-10-5-7-11(8-6-10)12-3-1-2-4-13(12)14(16)18-17/h1-8H,9,17H2,(H2,16,18). The van der Waals surface area contributed by atoms with Crippen LogP contribution in [0.1, 0.15) is 11.1 Å². The number of hydrogen-bond donors (Lipinski definition) is 2. The maximum atomic E-state index is 5.79. The topological polar surface area (TPSA) is 64.4 Å². The summed E-state index contributed by atoms with van der Waals surface area (Å²) in [5.41, 5.74) is 9.77. The van der Waals surface area contributed by atoms with Crippen LogP contribution in [0.2, 0.25) is 0 Å². The zero-order valence-electron chi connectivity index (χ0n) is 9.81.